The van der Waals surface area contributed by atoms with Gasteiger partial charge in [0.15, 0.2) is 5.75 Å². The summed E-state index contributed by atoms with van der Waals surface area (Å²) in [6.45, 7) is 2.56. The van der Waals surface area contributed by atoms with Gasteiger partial charge in [-0.05, 0) is 31.9 Å². The maximum absolute atomic E-state index is 12.0. The van der Waals surface area contributed by atoms with Gasteiger partial charge in [-0.3, -0.25) is 9.17 Å². The molecule has 0 aromatic carbocycles. The Labute approximate surface area is 124 Å². The number of amides is 1. The molecule has 0 unspecified atom stereocenters. The number of rotatable bonds is 3. The molecule has 7 nitrogen and oxygen atoms in total. The number of aryl methyl sites for hydroxylation is 1. The second-order valence-corrected chi connectivity index (χ2v) is 6.54. The molecule has 21 heavy (non-hydrogen) atoms. The number of piperidine rings is 1. The number of likely N-dealkylation sites (tertiary alicyclic amines) is 1. The highest BCUT2D eigenvalue weighted by Crippen LogP contribution is 2.19. The molecule has 2 rings (SSSR count). The van der Waals surface area contributed by atoms with Crippen molar-refractivity contribution in [3.05, 3.63) is 24.0 Å². The molecule has 1 aliphatic rings. The molecule has 1 aromatic heterocycles. The Kier molecular flexibility index (Phi) is 4.79. The molecule has 0 bridgehead atoms. The molecule has 0 N–H and O–H groups in total. The van der Waals surface area contributed by atoms with E-state index in [9.17, 15) is 13.2 Å². The minimum absolute atomic E-state index is 0.371. The predicted octanol–water partition coefficient (Wildman–Crippen LogP) is 1.33. The number of pyridine rings is 1. The van der Waals surface area contributed by atoms with Crippen molar-refractivity contribution in [2.75, 3.05) is 19.3 Å². The number of ether oxygens (including phenoxy) is 1. The number of aromatic nitrogens is 1. The monoisotopic (exact) mass is 314 g/mol. The lowest BCUT2D eigenvalue weighted by Gasteiger charge is -2.30. The summed E-state index contributed by atoms with van der Waals surface area (Å²) in [6, 6.07) is 3.38. The third-order valence-corrected chi connectivity index (χ3v) is 3.79. The highest BCUT2D eigenvalue weighted by Gasteiger charge is 2.27. The SMILES string of the molecule is Cc1ncccc1OC(=O)N1CCC(OS(C)(=O)=O)CC1. The molecular weight excluding hydrogens is 296 g/mol. The average Bonchev–Trinajstić information content (AvgIpc) is 2.40. The highest BCUT2D eigenvalue weighted by atomic mass is 32.2. The lowest BCUT2D eigenvalue weighted by molar-refractivity contribution is 0.0970. The zero-order valence-corrected chi connectivity index (χ0v) is 12.8. The Hall–Kier alpha value is -1.67. The Bertz CT molecular complexity index is 609. The number of hydrogen-bond acceptors (Lipinski definition) is 6. The molecule has 8 heteroatoms. The molecule has 0 spiro atoms. The van der Waals surface area contributed by atoms with E-state index in [4.69, 9.17) is 8.92 Å². The first-order valence-electron chi connectivity index (χ1n) is 6.62. The highest BCUT2D eigenvalue weighted by molar-refractivity contribution is 7.86. The molecule has 1 amide bonds. The minimum Gasteiger partial charge on any atom is -0.408 e. The normalized spacial score (nSPS) is 16.8. The third kappa shape index (κ3) is 4.68. The summed E-state index contributed by atoms with van der Waals surface area (Å²) < 4.78 is 32.3. The third-order valence-electron chi connectivity index (χ3n) is 3.17. The largest absolute Gasteiger partial charge is 0.415 e. The fourth-order valence-electron chi connectivity index (χ4n) is 2.12. The summed E-state index contributed by atoms with van der Waals surface area (Å²) in [5.74, 6) is 0.428. The summed E-state index contributed by atoms with van der Waals surface area (Å²) in [6.07, 6.45) is 2.76. The lowest BCUT2D eigenvalue weighted by Crippen LogP contribution is -2.42. The second-order valence-electron chi connectivity index (χ2n) is 4.94. The van der Waals surface area contributed by atoms with Crippen molar-refractivity contribution in [2.24, 2.45) is 0 Å². The Morgan fingerprint density at radius 3 is 2.62 bits per heavy atom. The lowest BCUT2D eigenvalue weighted by atomic mass is 10.1. The van der Waals surface area contributed by atoms with Crippen LogP contribution in [0, 0.1) is 6.92 Å². The van der Waals surface area contributed by atoms with Gasteiger partial charge in [-0.2, -0.15) is 8.42 Å². The van der Waals surface area contributed by atoms with Crippen LogP contribution in [0.1, 0.15) is 18.5 Å². The van der Waals surface area contributed by atoms with Gasteiger partial charge in [0.1, 0.15) is 0 Å². The summed E-state index contributed by atoms with van der Waals surface area (Å²) >= 11 is 0. The van der Waals surface area contributed by atoms with E-state index in [1.165, 1.54) is 4.90 Å². The molecule has 0 atom stereocenters. The standard InChI is InChI=1S/C13H18N2O5S/c1-10-12(4-3-7-14-10)19-13(16)15-8-5-11(6-9-15)20-21(2,17)18/h3-4,7,11H,5-6,8-9H2,1-2H3. The van der Waals surface area contributed by atoms with Crippen molar-refractivity contribution in [3.63, 3.8) is 0 Å². The van der Waals surface area contributed by atoms with Gasteiger partial charge < -0.3 is 9.64 Å². The molecule has 1 aromatic rings. The fourth-order valence-corrected chi connectivity index (χ4v) is 2.80. The van der Waals surface area contributed by atoms with E-state index < -0.39 is 16.2 Å². The number of carbonyl (C=O) groups excluding carboxylic acids is 1. The second kappa shape index (κ2) is 6.40. The van der Waals surface area contributed by atoms with E-state index in [2.05, 4.69) is 4.98 Å². The van der Waals surface area contributed by atoms with E-state index >= 15 is 0 Å². The number of carbonyl (C=O) groups is 1. The van der Waals surface area contributed by atoms with Crippen LogP contribution in [0.15, 0.2) is 18.3 Å². The summed E-state index contributed by atoms with van der Waals surface area (Å²) in [5.41, 5.74) is 0.640. The molecule has 0 saturated carbocycles. The zero-order valence-electron chi connectivity index (χ0n) is 12.0. The van der Waals surface area contributed by atoms with Gasteiger partial charge in [-0.25, -0.2) is 4.79 Å². The fraction of sp³-hybridized carbons (Fsp3) is 0.538. The van der Waals surface area contributed by atoms with E-state index in [1.54, 1.807) is 25.3 Å². The van der Waals surface area contributed by atoms with E-state index in [0.717, 1.165) is 6.26 Å². The zero-order chi connectivity index (χ0) is 15.5. The first-order valence-corrected chi connectivity index (χ1v) is 8.43. The maximum Gasteiger partial charge on any atom is 0.415 e. The number of hydrogen-bond donors (Lipinski definition) is 0. The van der Waals surface area contributed by atoms with Crippen molar-refractivity contribution in [3.8, 4) is 5.75 Å². The van der Waals surface area contributed by atoms with Crippen LogP contribution in [0.2, 0.25) is 0 Å². The van der Waals surface area contributed by atoms with Crippen molar-refractivity contribution in [1.82, 2.24) is 9.88 Å². The van der Waals surface area contributed by atoms with Gasteiger partial charge >= 0.3 is 6.09 Å². The predicted molar refractivity (Wildman–Crippen MR) is 75.5 cm³/mol. The van der Waals surface area contributed by atoms with Gasteiger partial charge in [-0.15, -0.1) is 0 Å². The van der Waals surface area contributed by atoms with Crippen LogP contribution in [0.3, 0.4) is 0 Å². The van der Waals surface area contributed by atoms with Crippen molar-refractivity contribution < 1.29 is 22.1 Å². The molecule has 1 saturated heterocycles. The van der Waals surface area contributed by atoms with Gasteiger partial charge in [-0.1, -0.05) is 0 Å². The Morgan fingerprint density at radius 2 is 2.05 bits per heavy atom. The van der Waals surface area contributed by atoms with Crippen LogP contribution in [0.25, 0.3) is 0 Å². The van der Waals surface area contributed by atoms with Crippen LogP contribution >= 0.6 is 0 Å². The smallest absolute Gasteiger partial charge is 0.408 e. The molecule has 116 valence electrons. The molecule has 1 aliphatic heterocycles. The Balaban J connectivity index is 1.88. The van der Waals surface area contributed by atoms with Crippen LogP contribution < -0.4 is 4.74 Å². The first kappa shape index (κ1) is 15.7. The van der Waals surface area contributed by atoms with Crippen LogP contribution in [-0.2, 0) is 14.3 Å². The van der Waals surface area contributed by atoms with Crippen molar-refractivity contribution in [1.29, 1.82) is 0 Å². The first-order chi connectivity index (χ1) is 9.85. The summed E-state index contributed by atoms with van der Waals surface area (Å²) in [5, 5.41) is 0. The topological polar surface area (TPSA) is 85.8 Å². The van der Waals surface area contributed by atoms with Gasteiger partial charge in [0, 0.05) is 19.3 Å². The molecule has 0 radical (unpaired) electrons. The maximum atomic E-state index is 12.0. The summed E-state index contributed by atoms with van der Waals surface area (Å²) in [4.78, 5) is 17.6. The quantitative estimate of drug-likeness (QED) is 0.782. The van der Waals surface area contributed by atoms with E-state index in [-0.39, 0.29) is 6.10 Å². The van der Waals surface area contributed by atoms with E-state index in [0.29, 0.717) is 37.4 Å². The average molecular weight is 314 g/mol. The van der Waals surface area contributed by atoms with Crippen molar-refractivity contribution >= 4 is 16.2 Å². The minimum atomic E-state index is -3.46. The molecule has 2 heterocycles. The van der Waals surface area contributed by atoms with Crippen molar-refractivity contribution in [2.45, 2.75) is 25.9 Å². The van der Waals surface area contributed by atoms with Crippen LogP contribution in [0.4, 0.5) is 4.79 Å². The van der Waals surface area contributed by atoms with Gasteiger partial charge in [0.2, 0.25) is 0 Å². The van der Waals surface area contributed by atoms with Crippen LogP contribution in [-0.4, -0.2) is 49.8 Å². The summed E-state index contributed by atoms with van der Waals surface area (Å²) in [7, 11) is -3.46. The Morgan fingerprint density at radius 1 is 1.38 bits per heavy atom. The molecule has 0 aliphatic carbocycles. The van der Waals surface area contributed by atoms with Gasteiger partial charge in [0.05, 0.1) is 18.1 Å². The molecule has 1 fully saturated rings. The van der Waals surface area contributed by atoms with Crippen LogP contribution in [0.5, 0.6) is 5.75 Å². The molecular formula is C13H18N2O5S. The number of nitrogens with zero attached hydrogens (tertiary/aromatic N) is 2. The van der Waals surface area contributed by atoms with E-state index in [1.807, 2.05) is 0 Å². The van der Waals surface area contributed by atoms with Gasteiger partial charge in [0.25, 0.3) is 10.1 Å².